The van der Waals surface area contributed by atoms with E-state index in [1.165, 1.54) is 0 Å². The monoisotopic (exact) mass is 343 g/mol. The Balaban J connectivity index is 1.99. The number of carboxylic acid groups (broad SMARTS) is 1. The molecule has 110 valence electrons. The molecule has 3 atom stereocenters. The molecule has 2 aliphatic rings. The van der Waals surface area contributed by atoms with E-state index in [4.69, 9.17) is 9.84 Å². The Morgan fingerprint density at radius 3 is 3.15 bits per heavy atom. The Labute approximate surface area is 125 Å². The number of carboxylic acids is 1. The third-order valence-electron chi connectivity index (χ3n) is 4.50. The van der Waals surface area contributed by atoms with Crippen LogP contribution in [0.15, 0.2) is 10.8 Å². The maximum atomic E-state index is 10.9. The predicted molar refractivity (Wildman–Crippen MR) is 75.3 cm³/mol. The van der Waals surface area contributed by atoms with E-state index in [2.05, 4.69) is 26.2 Å². The van der Waals surface area contributed by atoms with Gasteiger partial charge in [-0.15, -0.1) is 0 Å². The summed E-state index contributed by atoms with van der Waals surface area (Å²) < 4.78 is 8.59. The molecule has 2 N–H and O–H groups in total. The van der Waals surface area contributed by atoms with Crippen LogP contribution in [0.25, 0.3) is 0 Å². The number of imidazole rings is 1. The number of aromatic nitrogens is 2. The standard InChI is InChI=1S/C13H18BrN3O3/c1-17-6-10(14)16-12(17)13(20-7-11(18)19)3-2-8-4-15-5-9(8)13/h6,8-9,15H,2-5,7H2,1H3,(H,18,19). The van der Waals surface area contributed by atoms with Crippen molar-refractivity contribution in [3.05, 3.63) is 16.6 Å². The summed E-state index contributed by atoms with van der Waals surface area (Å²) in [5.74, 6) is 0.711. The summed E-state index contributed by atoms with van der Waals surface area (Å²) in [7, 11) is 1.93. The van der Waals surface area contributed by atoms with Gasteiger partial charge < -0.3 is 19.7 Å². The predicted octanol–water partition coefficient (Wildman–Crippen LogP) is 1.11. The lowest BCUT2D eigenvalue weighted by atomic mass is 9.87. The fourth-order valence-electron chi connectivity index (χ4n) is 3.70. The van der Waals surface area contributed by atoms with E-state index in [0.717, 1.165) is 36.4 Å². The van der Waals surface area contributed by atoms with Gasteiger partial charge in [-0.25, -0.2) is 9.78 Å². The minimum Gasteiger partial charge on any atom is -0.480 e. The van der Waals surface area contributed by atoms with Gasteiger partial charge in [-0.2, -0.15) is 0 Å². The lowest BCUT2D eigenvalue weighted by Crippen LogP contribution is -2.40. The molecule has 0 spiro atoms. The van der Waals surface area contributed by atoms with Gasteiger partial charge in [0, 0.05) is 25.7 Å². The van der Waals surface area contributed by atoms with E-state index in [0.29, 0.717) is 5.92 Å². The van der Waals surface area contributed by atoms with Crippen LogP contribution in [-0.2, 0) is 22.2 Å². The molecule has 6 nitrogen and oxygen atoms in total. The van der Waals surface area contributed by atoms with Crippen molar-refractivity contribution in [1.82, 2.24) is 14.9 Å². The molecule has 2 fully saturated rings. The van der Waals surface area contributed by atoms with Crippen molar-refractivity contribution >= 4 is 21.9 Å². The van der Waals surface area contributed by atoms with Gasteiger partial charge in [0.2, 0.25) is 0 Å². The van der Waals surface area contributed by atoms with Crippen molar-refractivity contribution in [2.75, 3.05) is 19.7 Å². The SMILES string of the molecule is Cn1cc(Br)nc1C1(OCC(=O)O)CCC2CNCC21. The molecular weight excluding hydrogens is 326 g/mol. The Morgan fingerprint density at radius 2 is 2.50 bits per heavy atom. The fraction of sp³-hybridized carbons (Fsp3) is 0.692. The normalized spacial score (nSPS) is 32.5. The molecule has 1 aromatic rings. The summed E-state index contributed by atoms with van der Waals surface area (Å²) in [5, 5.41) is 12.4. The minimum absolute atomic E-state index is 0.284. The number of fused-ring (bicyclic) bond motifs is 1. The molecule has 1 saturated carbocycles. The molecule has 1 aromatic heterocycles. The van der Waals surface area contributed by atoms with Gasteiger partial charge >= 0.3 is 5.97 Å². The number of ether oxygens (including phenoxy) is 1. The molecule has 3 unspecified atom stereocenters. The number of nitrogens with zero attached hydrogens (tertiary/aromatic N) is 2. The maximum Gasteiger partial charge on any atom is 0.329 e. The van der Waals surface area contributed by atoms with Gasteiger partial charge in [-0.05, 0) is 41.2 Å². The largest absolute Gasteiger partial charge is 0.480 e. The van der Waals surface area contributed by atoms with Crippen LogP contribution < -0.4 is 5.32 Å². The van der Waals surface area contributed by atoms with Crippen LogP contribution in [0.5, 0.6) is 0 Å². The first-order valence-electron chi connectivity index (χ1n) is 6.79. The van der Waals surface area contributed by atoms with Crippen LogP contribution in [0.1, 0.15) is 18.7 Å². The van der Waals surface area contributed by atoms with E-state index in [-0.39, 0.29) is 12.5 Å². The zero-order valence-electron chi connectivity index (χ0n) is 11.3. The zero-order valence-corrected chi connectivity index (χ0v) is 12.9. The summed E-state index contributed by atoms with van der Waals surface area (Å²) >= 11 is 3.39. The average Bonchev–Trinajstić information content (AvgIpc) is 3.03. The summed E-state index contributed by atoms with van der Waals surface area (Å²) in [4.78, 5) is 15.5. The van der Waals surface area contributed by atoms with E-state index in [9.17, 15) is 4.79 Å². The highest BCUT2D eigenvalue weighted by atomic mass is 79.9. The van der Waals surface area contributed by atoms with E-state index < -0.39 is 11.6 Å². The number of aliphatic carboxylic acids is 1. The van der Waals surface area contributed by atoms with Gasteiger partial charge in [0.25, 0.3) is 0 Å². The van der Waals surface area contributed by atoms with Crippen molar-refractivity contribution in [3.63, 3.8) is 0 Å². The van der Waals surface area contributed by atoms with Crippen molar-refractivity contribution in [3.8, 4) is 0 Å². The highest BCUT2D eigenvalue weighted by Gasteiger charge is 2.54. The molecule has 20 heavy (non-hydrogen) atoms. The van der Waals surface area contributed by atoms with Crippen LogP contribution >= 0.6 is 15.9 Å². The topological polar surface area (TPSA) is 76.4 Å². The average molecular weight is 344 g/mol. The molecule has 1 aliphatic carbocycles. The zero-order chi connectivity index (χ0) is 14.3. The third kappa shape index (κ3) is 2.17. The van der Waals surface area contributed by atoms with Crippen LogP contribution in [-0.4, -0.2) is 40.3 Å². The maximum absolute atomic E-state index is 10.9. The molecule has 1 aliphatic heterocycles. The number of halogens is 1. The lowest BCUT2D eigenvalue weighted by Gasteiger charge is -2.34. The Hall–Kier alpha value is -0.920. The second-order valence-corrected chi connectivity index (χ2v) is 6.45. The summed E-state index contributed by atoms with van der Waals surface area (Å²) in [6.07, 6.45) is 3.76. The molecule has 0 aromatic carbocycles. The van der Waals surface area contributed by atoms with Crippen LogP contribution in [0.4, 0.5) is 0 Å². The van der Waals surface area contributed by atoms with Gasteiger partial charge in [0.1, 0.15) is 22.6 Å². The smallest absolute Gasteiger partial charge is 0.329 e. The van der Waals surface area contributed by atoms with Crippen molar-refractivity contribution in [2.45, 2.75) is 18.4 Å². The first-order valence-corrected chi connectivity index (χ1v) is 7.58. The Morgan fingerprint density at radius 1 is 1.70 bits per heavy atom. The molecule has 1 saturated heterocycles. The number of hydrogen-bond donors (Lipinski definition) is 2. The second kappa shape index (κ2) is 5.13. The molecule has 7 heteroatoms. The first kappa shape index (κ1) is 14.0. The number of carbonyl (C=O) groups is 1. The number of rotatable bonds is 4. The Bertz CT molecular complexity index is 533. The third-order valence-corrected chi connectivity index (χ3v) is 4.89. The minimum atomic E-state index is -0.938. The summed E-state index contributed by atoms with van der Waals surface area (Å²) in [5.41, 5.74) is -0.590. The van der Waals surface area contributed by atoms with Gasteiger partial charge in [0.05, 0.1) is 0 Å². The van der Waals surface area contributed by atoms with Crippen molar-refractivity contribution in [2.24, 2.45) is 18.9 Å². The fourth-order valence-corrected chi connectivity index (χ4v) is 4.18. The molecule has 0 amide bonds. The van der Waals surface area contributed by atoms with Gasteiger partial charge in [-0.3, -0.25) is 0 Å². The van der Waals surface area contributed by atoms with Gasteiger partial charge in [0.15, 0.2) is 0 Å². The van der Waals surface area contributed by atoms with Crippen LogP contribution in [0, 0.1) is 11.8 Å². The molecule has 0 bridgehead atoms. The van der Waals surface area contributed by atoms with Crippen LogP contribution in [0.3, 0.4) is 0 Å². The number of hydrogen-bond acceptors (Lipinski definition) is 4. The van der Waals surface area contributed by atoms with Gasteiger partial charge in [-0.1, -0.05) is 0 Å². The highest BCUT2D eigenvalue weighted by Crippen LogP contribution is 2.50. The number of nitrogens with one attached hydrogen (secondary N) is 1. The summed E-state index contributed by atoms with van der Waals surface area (Å²) in [6, 6.07) is 0. The van der Waals surface area contributed by atoms with Crippen molar-refractivity contribution in [1.29, 1.82) is 0 Å². The van der Waals surface area contributed by atoms with Crippen LogP contribution in [0.2, 0.25) is 0 Å². The Kier molecular flexibility index (Phi) is 3.60. The molecular formula is C13H18BrN3O3. The number of aryl methyl sites for hydroxylation is 1. The van der Waals surface area contributed by atoms with E-state index in [1.54, 1.807) is 0 Å². The van der Waals surface area contributed by atoms with Crippen molar-refractivity contribution < 1.29 is 14.6 Å². The summed E-state index contributed by atoms with van der Waals surface area (Å²) in [6.45, 7) is 1.55. The second-order valence-electron chi connectivity index (χ2n) is 5.63. The van der Waals surface area contributed by atoms with E-state index >= 15 is 0 Å². The molecule has 3 rings (SSSR count). The lowest BCUT2D eigenvalue weighted by molar-refractivity contribution is -0.155. The molecule has 0 radical (unpaired) electrons. The first-order chi connectivity index (χ1) is 9.53. The van der Waals surface area contributed by atoms with E-state index in [1.807, 2.05) is 17.8 Å². The quantitative estimate of drug-likeness (QED) is 0.856. The molecule has 2 heterocycles. The highest BCUT2D eigenvalue weighted by molar-refractivity contribution is 9.10.